The van der Waals surface area contributed by atoms with Gasteiger partial charge < -0.3 is 9.80 Å². The number of carbonyl (C=O) groups excluding carboxylic acids is 2. The zero-order valence-electron chi connectivity index (χ0n) is 18.3. The van der Waals surface area contributed by atoms with E-state index in [2.05, 4.69) is 15.0 Å². The van der Waals surface area contributed by atoms with Crippen LogP contribution in [0.15, 0.2) is 18.6 Å². The standard InChI is InChI=1S/C22H32N6O2/c1-16-12-23-21-18(13-24-28(21)14-16)22(30)26-10-7-17(8-11-26)19-6-4-5-9-27(19)15-20(29)25(2)3/h12-14,17,19H,4-11,15H2,1-3H3. The fourth-order valence-corrected chi connectivity index (χ4v) is 4.84. The summed E-state index contributed by atoms with van der Waals surface area (Å²) in [6.45, 7) is 4.96. The normalized spacial score (nSPS) is 21.2. The highest BCUT2D eigenvalue weighted by Crippen LogP contribution is 2.31. The van der Waals surface area contributed by atoms with Gasteiger partial charge in [-0.15, -0.1) is 0 Å². The van der Waals surface area contributed by atoms with Crippen LogP contribution in [0.2, 0.25) is 0 Å². The Hall–Kier alpha value is -2.48. The van der Waals surface area contributed by atoms with Crippen LogP contribution in [0.25, 0.3) is 5.65 Å². The smallest absolute Gasteiger partial charge is 0.259 e. The molecule has 2 aromatic rings. The van der Waals surface area contributed by atoms with Crippen molar-refractivity contribution in [2.75, 3.05) is 40.3 Å². The molecule has 8 nitrogen and oxygen atoms in total. The molecule has 2 amide bonds. The molecule has 2 aliphatic rings. The van der Waals surface area contributed by atoms with Crippen molar-refractivity contribution < 1.29 is 9.59 Å². The fourth-order valence-electron chi connectivity index (χ4n) is 4.84. The first-order valence-electron chi connectivity index (χ1n) is 11.0. The van der Waals surface area contributed by atoms with Crippen molar-refractivity contribution >= 4 is 17.5 Å². The Morgan fingerprint density at radius 3 is 2.60 bits per heavy atom. The van der Waals surface area contributed by atoms with Gasteiger partial charge in [0.25, 0.3) is 5.91 Å². The van der Waals surface area contributed by atoms with E-state index in [0.29, 0.717) is 29.7 Å². The van der Waals surface area contributed by atoms with Crippen molar-refractivity contribution in [1.29, 1.82) is 0 Å². The minimum Gasteiger partial charge on any atom is -0.348 e. The molecule has 2 fully saturated rings. The van der Waals surface area contributed by atoms with Gasteiger partial charge in [-0.05, 0) is 50.6 Å². The van der Waals surface area contributed by atoms with Crippen LogP contribution >= 0.6 is 0 Å². The lowest BCUT2D eigenvalue weighted by Crippen LogP contribution is -2.51. The topological polar surface area (TPSA) is 74.1 Å². The predicted molar refractivity (Wildman–Crippen MR) is 114 cm³/mol. The SMILES string of the molecule is Cc1cnc2c(C(=O)N3CCC(C4CCCCN4CC(=O)N(C)C)CC3)cnn2c1. The second-order valence-electron chi connectivity index (χ2n) is 8.91. The molecule has 8 heteroatoms. The van der Waals surface area contributed by atoms with Gasteiger partial charge in [-0.3, -0.25) is 14.5 Å². The van der Waals surface area contributed by atoms with Gasteiger partial charge in [-0.25, -0.2) is 9.50 Å². The largest absolute Gasteiger partial charge is 0.348 e. The number of likely N-dealkylation sites (N-methyl/N-ethyl adjacent to an activating group) is 1. The van der Waals surface area contributed by atoms with E-state index < -0.39 is 0 Å². The second-order valence-corrected chi connectivity index (χ2v) is 8.91. The van der Waals surface area contributed by atoms with Crippen LogP contribution < -0.4 is 0 Å². The number of piperidine rings is 2. The number of aromatic nitrogens is 3. The molecular weight excluding hydrogens is 380 g/mol. The van der Waals surface area contributed by atoms with E-state index in [0.717, 1.165) is 50.9 Å². The van der Waals surface area contributed by atoms with Crippen LogP contribution in [0.4, 0.5) is 0 Å². The lowest BCUT2D eigenvalue weighted by atomic mass is 9.83. The van der Waals surface area contributed by atoms with Crippen LogP contribution in [0.1, 0.15) is 48.0 Å². The van der Waals surface area contributed by atoms with Crippen molar-refractivity contribution in [2.45, 2.75) is 45.1 Å². The van der Waals surface area contributed by atoms with Gasteiger partial charge in [0.15, 0.2) is 5.65 Å². The zero-order valence-corrected chi connectivity index (χ0v) is 18.3. The lowest BCUT2D eigenvalue weighted by molar-refractivity contribution is -0.131. The molecule has 0 aliphatic carbocycles. The summed E-state index contributed by atoms with van der Waals surface area (Å²) in [5, 5.41) is 4.30. The van der Waals surface area contributed by atoms with E-state index in [1.54, 1.807) is 21.8 Å². The van der Waals surface area contributed by atoms with Gasteiger partial charge in [0.05, 0.1) is 12.7 Å². The summed E-state index contributed by atoms with van der Waals surface area (Å²) in [4.78, 5) is 35.8. The quantitative estimate of drug-likeness (QED) is 0.766. The summed E-state index contributed by atoms with van der Waals surface area (Å²) < 4.78 is 1.68. The number of carbonyl (C=O) groups is 2. The van der Waals surface area contributed by atoms with Crippen molar-refractivity contribution in [1.82, 2.24) is 29.3 Å². The first-order chi connectivity index (χ1) is 14.4. The maximum absolute atomic E-state index is 13.1. The molecule has 2 aliphatic heterocycles. The number of aryl methyl sites for hydroxylation is 1. The van der Waals surface area contributed by atoms with Crippen LogP contribution in [-0.2, 0) is 4.79 Å². The fraction of sp³-hybridized carbons (Fsp3) is 0.636. The summed E-state index contributed by atoms with van der Waals surface area (Å²) in [6, 6.07) is 0.446. The van der Waals surface area contributed by atoms with Gasteiger partial charge in [-0.2, -0.15) is 5.10 Å². The maximum atomic E-state index is 13.1. The van der Waals surface area contributed by atoms with Crippen molar-refractivity contribution in [2.24, 2.45) is 5.92 Å². The molecule has 0 saturated carbocycles. The number of hydrogen-bond donors (Lipinski definition) is 0. The summed E-state index contributed by atoms with van der Waals surface area (Å²) in [7, 11) is 3.64. The monoisotopic (exact) mass is 412 g/mol. The molecule has 0 N–H and O–H groups in total. The predicted octanol–water partition coefficient (Wildman–Crippen LogP) is 1.83. The van der Waals surface area contributed by atoms with Crippen molar-refractivity contribution in [3.63, 3.8) is 0 Å². The lowest BCUT2D eigenvalue weighted by Gasteiger charge is -2.43. The number of amides is 2. The Bertz CT molecular complexity index is 915. The molecule has 1 atom stereocenters. The van der Waals surface area contributed by atoms with Crippen LogP contribution in [-0.4, -0.2) is 87.4 Å². The Balaban J connectivity index is 1.40. The summed E-state index contributed by atoms with van der Waals surface area (Å²) in [5.74, 6) is 0.724. The first-order valence-corrected chi connectivity index (χ1v) is 11.0. The first kappa shape index (κ1) is 20.8. The highest BCUT2D eigenvalue weighted by atomic mass is 16.2. The maximum Gasteiger partial charge on any atom is 0.259 e. The minimum atomic E-state index is 0.0167. The molecule has 2 aromatic heterocycles. The minimum absolute atomic E-state index is 0.0167. The number of nitrogens with zero attached hydrogens (tertiary/aromatic N) is 6. The molecule has 2 saturated heterocycles. The average molecular weight is 413 g/mol. The van der Waals surface area contributed by atoms with Crippen molar-refractivity contribution in [3.8, 4) is 0 Å². The number of hydrogen-bond acceptors (Lipinski definition) is 5. The number of rotatable bonds is 4. The number of likely N-dealkylation sites (tertiary alicyclic amines) is 2. The molecule has 0 aromatic carbocycles. The second kappa shape index (κ2) is 8.71. The molecule has 4 rings (SSSR count). The zero-order chi connectivity index (χ0) is 21.3. The van der Waals surface area contributed by atoms with E-state index >= 15 is 0 Å². The van der Waals surface area contributed by atoms with Gasteiger partial charge in [0.1, 0.15) is 5.56 Å². The van der Waals surface area contributed by atoms with Crippen molar-refractivity contribution in [3.05, 3.63) is 29.7 Å². The third-order valence-corrected chi connectivity index (χ3v) is 6.59. The van der Waals surface area contributed by atoms with Crippen LogP contribution in [0, 0.1) is 12.8 Å². The summed E-state index contributed by atoms with van der Waals surface area (Å²) in [5.41, 5.74) is 2.20. The summed E-state index contributed by atoms with van der Waals surface area (Å²) in [6.07, 6.45) is 10.8. The third kappa shape index (κ3) is 4.19. The van der Waals surface area contributed by atoms with E-state index in [4.69, 9.17) is 0 Å². The van der Waals surface area contributed by atoms with Crippen LogP contribution in [0.3, 0.4) is 0 Å². The number of fused-ring (bicyclic) bond motifs is 1. The summed E-state index contributed by atoms with van der Waals surface area (Å²) >= 11 is 0. The highest BCUT2D eigenvalue weighted by Gasteiger charge is 2.35. The molecule has 30 heavy (non-hydrogen) atoms. The highest BCUT2D eigenvalue weighted by molar-refractivity contribution is 5.99. The molecule has 0 radical (unpaired) electrons. The Morgan fingerprint density at radius 2 is 1.87 bits per heavy atom. The van der Waals surface area contributed by atoms with Gasteiger partial charge in [0.2, 0.25) is 5.91 Å². The van der Waals surface area contributed by atoms with E-state index in [9.17, 15) is 9.59 Å². The average Bonchev–Trinajstić information content (AvgIpc) is 3.16. The Labute approximate surface area is 177 Å². The van der Waals surface area contributed by atoms with Gasteiger partial charge >= 0.3 is 0 Å². The Kier molecular flexibility index (Phi) is 6.04. The van der Waals surface area contributed by atoms with E-state index in [1.807, 2.05) is 32.1 Å². The molecule has 1 unspecified atom stereocenters. The van der Waals surface area contributed by atoms with Gasteiger partial charge in [-0.1, -0.05) is 6.42 Å². The van der Waals surface area contributed by atoms with E-state index in [-0.39, 0.29) is 11.8 Å². The van der Waals surface area contributed by atoms with Crippen LogP contribution in [0.5, 0.6) is 0 Å². The molecule has 0 spiro atoms. The molecule has 4 heterocycles. The third-order valence-electron chi connectivity index (χ3n) is 6.59. The van der Waals surface area contributed by atoms with E-state index in [1.165, 1.54) is 6.42 Å². The molecular formula is C22H32N6O2. The Morgan fingerprint density at radius 1 is 1.10 bits per heavy atom. The van der Waals surface area contributed by atoms with Gasteiger partial charge in [0, 0.05) is 45.6 Å². The molecule has 0 bridgehead atoms. The molecule has 162 valence electrons.